The zero-order valence-corrected chi connectivity index (χ0v) is 18.6. The summed E-state index contributed by atoms with van der Waals surface area (Å²) in [4.78, 5) is 38.1. The lowest BCUT2D eigenvalue weighted by Crippen LogP contribution is -2.56. The quantitative estimate of drug-likeness (QED) is 0.511. The van der Waals surface area contributed by atoms with Crippen molar-refractivity contribution in [3.05, 3.63) is 0 Å². The molecule has 5 aliphatic rings. The number of hydrogen-bond acceptors (Lipinski definition) is 4. The van der Waals surface area contributed by atoms with E-state index in [0.29, 0.717) is 17.8 Å². The highest BCUT2D eigenvalue weighted by molar-refractivity contribution is 5.89. The van der Waals surface area contributed by atoms with E-state index in [1.165, 1.54) is 32.1 Å². The van der Waals surface area contributed by atoms with Gasteiger partial charge in [-0.2, -0.15) is 0 Å². The van der Waals surface area contributed by atoms with Gasteiger partial charge in [0.05, 0.1) is 0 Å². The zero-order valence-electron chi connectivity index (χ0n) is 18.6. The largest absolute Gasteiger partial charge is 0.451 e. The number of esters is 1. The maximum Gasteiger partial charge on any atom is 0.329 e. The Balaban J connectivity index is 1.26. The molecule has 0 aromatic carbocycles. The number of carbonyl (C=O) groups is 3. The monoisotopic (exact) mass is 418 g/mol. The van der Waals surface area contributed by atoms with Gasteiger partial charge >= 0.3 is 5.97 Å². The maximum absolute atomic E-state index is 13.1. The molecule has 5 saturated carbocycles. The first kappa shape index (κ1) is 21.6. The van der Waals surface area contributed by atoms with E-state index in [4.69, 9.17) is 4.74 Å². The summed E-state index contributed by atoms with van der Waals surface area (Å²) in [5.41, 5.74) is -0.286. The topological polar surface area (TPSA) is 84.5 Å². The Morgan fingerprint density at radius 1 is 0.867 bits per heavy atom. The molecule has 168 valence electrons. The van der Waals surface area contributed by atoms with Gasteiger partial charge in [-0.25, -0.2) is 4.79 Å². The highest BCUT2D eigenvalue weighted by atomic mass is 16.5. The summed E-state index contributed by atoms with van der Waals surface area (Å²) in [5, 5.41) is 5.95. The van der Waals surface area contributed by atoms with E-state index >= 15 is 0 Å². The lowest BCUT2D eigenvalue weighted by Gasteiger charge is -2.55. The van der Waals surface area contributed by atoms with Crippen LogP contribution in [-0.4, -0.2) is 36.0 Å². The van der Waals surface area contributed by atoms with Crippen LogP contribution in [0.5, 0.6) is 0 Å². The molecule has 0 aliphatic heterocycles. The Morgan fingerprint density at radius 2 is 1.40 bits per heavy atom. The van der Waals surface area contributed by atoms with Crippen LogP contribution in [0, 0.1) is 23.2 Å². The molecule has 0 aromatic heterocycles. The van der Waals surface area contributed by atoms with E-state index in [-0.39, 0.29) is 23.3 Å². The Kier molecular flexibility index (Phi) is 6.40. The molecule has 2 atom stereocenters. The lowest BCUT2D eigenvalue weighted by molar-refractivity contribution is -0.159. The number of hydrogen-bond donors (Lipinski definition) is 2. The van der Waals surface area contributed by atoms with Crippen molar-refractivity contribution in [1.29, 1.82) is 0 Å². The van der Waals surface area contributed by atoms with Gasteiger partial charge in [0.2, 0.25) is 5.91 Å². The molecular formula is C24H38N2O4. The summed E-state index contributed by atoms with van der Waals surface area (Å²) < 4.78 is 5.40. The summed E-state index contributed by atoms with van der Waals surface area (Å²) in [5.74, 6) is 1.28. The van der Waals surface area contributed by atoms with Gasteiger partial charge in [0, 0.05) is 11.5 Å². The zero-order chi connectivity index (χ0) is 21.3. The minimum absolute atomic E-state index is 0.0154. The SMILES string of the molecule is C[C@H](NC(=O)C12CC3CC(CC(C3)C1)C2)C(=O)O[C@@H](C)C(=O)NC1CCCCCC1. The summed E-state index contributed by atoms with van der Waals surface area (Å²) >= 11 is 0. The van der Waals surface area contributed by atoms with Crippen LogP contribution in [0.2, 0.25) is 0 Å². The van der Waals surface area contributed by atoms with E-state index in [9.17, 15) is 14.4 Å². The standard InChI is InChI=1S/C24H38N2O4/c1-15(22(28)30-16(2)21(27)26-20-7-5-3-4-6-8-20)25-23(29)24-12-17-9-18(13-24)11-19(10-17)14-24/h15-20H,3-14H2,1-2H3,(H,25,29)(H,26,27)/t15-,16-,17?,18?,19?,24?/m0/s1. The molecular weight excluding hydrogens is 380 g/mol. The highest BCUT2D eigenvalue weighted by Crippen LogP contribution is 2.60. The number of carbonyl (C=O) groups excluding carboxylic acids is 3. The highest BCUT2D eigenvalue weighted by Gasteiger charge is 2.54. The van der Waals surface area contributed by atoms with Crippen molar-refractivity contribution in [3.8, 4) is 0 Å². The molecule has 0 heterocycles. The second-order valence-corrected chi connectivity index (χ2v) is 10.7. The van der Waals surface area contributed by atoms with Crippen molar-refractivity contribution in [1.82, 2.24) is 10.6 Å². The van der Waals surface area contributed by atoms with Crippen molar-refractivity contribution < 1.29 is 19.1 Å². The minimum Gasteiger partial charge on any atom is -0.451 e. The predicted molar refractivity (Wildman–Crippen MR) is 113 cm³/mol. The molecule has 5 fully saturated rings. The third-order valence-corrected chi connectivity index (χ3v) is 8.08. The second-order valence-electron chi connectivity index (χ2n) is 10.7. The number of amides is 2. The lowest BCUT2D eigenvalue weighted by atomic mass is 9.49. The number of rotatable bonds is 6. The molecule has 2 N–H and O–H groups in total. The van der Waals surface area contributed by atoms with Crippen LogP contribution in [0.4, 0.5) is 0 Å². The smallest absolute Gasteiger partial charge is 0.329 e. The van der Waals surface area contributed by atoms with E-state index < -0.39 is 18.1 Å². The molecule has 5 rings (SSSR count). The number of ether oxygens (including phenoxy) is 1. The Hall–Kier alpha value is -1.59. The van der Waals surface area contributed by atoms with Crippen LogP contribution < -0.4 is 10.6 Å². The van der Waals surface area contributed by atoms with E-state index in [0.717, 1.165) is 44.9 Å². The van der Waals surface area contributed by atoms with Gasteiger partial charge in [-0.05, 0) is 83.0 Å². The molecule has 0 spiro atoms. The molecule has 6 heteroatoms. The van der Waals surface area contributed by atoms with Crippen molar-refractivity contribution >= 4 is 17.8 Å². The maximum atomic E-state index is 13.1. The fourth-order valence-corrected chi connectivity index (χ4v) is 6.87. The molecule has 6 nitrogen and oxygen atoms in total. The predicted octanol–water partition coefficient (Wildman–Crippen LogP) is 3.48. The minimum atomic E-state index is -0.848. The van der Waals surface area contributed by atoms with Crippen LogP contribution in [-0.2, 0) is 19.1 Å². The van der Waals surface area contributed by atoms with Crippen LogP contribution in [0.25, 0.3) is 0 Å². The van der Waals surface area contributed by atoms with Crippen molar-refractivity contribution in [3.63, 3.8) is 0 Å². The number of nitrogens with one attached hydrogen (secondary N) is 2. The van der Waals surface area contributed by atoms with Gasteiger partial charge in [-0.3, -0.25) is 9.59 Å². The van der Waals surface area contributed by atoms with Crippen LogP contribution in [0.3, 0.4) is 0 Å². The second kappa shape index (κ2) is 8.88. The van der Waals surface area contributed by atoms with Gasteiger partial charge < -0.3 is 15.4 Å². The van der Waals surface area contributed by atoms with Gasteiger partial charge in [-0.1, -0.05) is 25.7 Å². The fraction of sp³-hybridized carbons (Fsp3) is 0.875. The van der Waals surface area contributed by atoms with E-state index in [1.807, 2.05) is 0 Å². The van der Waals surface area contributed by atoms with Crippen molar-refractivity contribution in [2.24, 2.45) is 23.2 Å². The molecule has 2 amide bonds. The molecule has 0 unspecified atom stereocenters. The van der Waals surface area contributed by atoms with Gasteiger partial charge in [0.15, 0.2) is 6.10 Å². The molecule has 0 radical (unpaired) electrons. The molecule has 30 heavy (non-hydrogen) atoms. The summed E-state index contributed by atoms with van der Waals surface area (Å²) in [6.07, 6.45) is 12.6. The molecule has 5 aliphatic carbocycles. The third-order valence-electron chi connectivity index (χ3n) is 8.08. The normalized spacial score (nSPS) is 35.2. The molecule has 4 bridgehead atoms. The Bertz CT molecular complexity index is 633. The van der Waals surface area contributed by atoms with E-state index in [1.54, 1.807) is 13.8 Å². The van der Waals surface area contributed by atoms with Crippen molar-refractivity contribution in [2.45, 2.75) is 109 Å². The van der Waals surface area contributed by atoms with Crippen LogP contribution >= 0.6 is 0 Å². The third kappa shape index (κ3) is 4.67. The van der Waals surface area contributed by atoms with Gasteiger partial charge in [0.1, 0.15) is 6.04 Å². The summed E-state index contributed by atoms with van der Waals surface area (Å²) in [6, 6.07) is -0.562. The van der Waals surface area contributed by atoms with Crippen molar-refractivity contribution in [2.75, 3.05) is 0 Å². The average Bonchev–Trinajstić information content (AvgIpc) is 2.95. The van der Waals surface area contributed by atoms with Gasteiger partial charge in [-0.15, -0.1) is 0 Å². The first-order valence-corrected chi connectivity index (χ1v) is 12.2. The fourth-order valence-electron chi connectivity index (χ4n) is 6.87. The first-order valence-electron chi connectivity index (χ1n) is 12.2. The van der Waals surface area contributed by atoms with Gasteiger partial charge in [0.25, 0.3) is 5.91 Å². The Morgan fingerprint density at radius 3 is 1.93 bits per heavy atom. The van der Waals surface area contributed by atoms with Crippen LogP contribution in [0.15, 0.2) is 0 Å². The van der Waals surface area contributed by atoms with E-state index in [2.05, 4.69) is 10.6 Å². The van der Waals surface area contributed by atoms with Crippen LogP contribution in [0.1, 0.15) is 90.9 Å². The molecule has 0 saturated heterocycles. The first-order chi connectivity index (χ1) is 14.3. The average molecular weight is 419 g/mol. The summed E-state index contributed by atoms with van der Waals surface area (Å²) in [7, 11) is 0. The Labute approximate surface area is 180 Å². The summed E-state index contributed by atoms with van der Waals surface area (Å²) in [6.45, 7) is 3.27. The molecule has 0 aromatic rings.